The number of carbonyl (C=O) groups excluding carboxylic acids is 1. The molecule has 1 atom stereocenters. The van der Waals surface area contributed by atoms with Crippen LogP contribution >= 0.6 is 11.8 Å². The van der Waals surface area contributed by atoms with Crippen LogP contribution in [-0.4, -0.2) is 33.8 Å². The summed E-state index contributed by atoms with van der Waals surface area (Å²) in [5.41, 5.74) is 2.34. The standard InChI is InChI=1S/C15H18N2OS/c1-17(15(18)14-6-3-9-19-14)10-11-4-2-5-13-12(11)7-8-16-13/h2,4-5,7-8,14,16H,3,6,9-10H2,1H3. The fourth-order valence-corrected chi connectivity index (χ4v) is 3.91. The van der Waals surface area contributed by atoms with E-state index in [1.165, 1.54) is 17.4 Å². The number of hydrogen-bond acceptors (Lipinski definition) is 2. The topological polar surface area (TPSA) is 36.1 Å². The molecular formula is C15H18N2OS. The summed E-state index contributed by atoms with van der Waals surface area (Å²) in [4.78, 5) is 17.4. The smallest absolute Gasteiger partial charge is 0.235 e. The van der Waals surface area contributed by atoms with Gasteiger partial charge in [-0.25, -0.2) is 0 Å². The molecule has 1 aliphatic rings. The zero-order chi connectivity index (χ0) is 13.2. The van der Waals surface area contributed by atoms with Crippen LogP contribution in [0.5, 0.6) is 0 Å². The summed E-state index contributed by atoms with van der Waals surface area (Å²) in [6.45, 7) is 0.686. The third kappa shape index (κ3) is 2.50. The molecule has 0 radical (unpaired) electrons. The molecule has 1 fully saturated rings. The number of carbonyl (C=O) groups is 1. The van der Waals surface area contributed by atoms with Crippen molar-refractivity contribution < 1.29 is 4.79 Å². The van der Waals surface area contributed by atoms with Crippen molar-refractivity contribution in [1.82, 2.24) is 9.88 Å². The highest BCUT2D eigenvalue weighted by Gasteiger charge is 2.26. The Morgan fingerprint density at radius 3 is 3.16 bits per heavy atom. The monoisotopic (exact) mass is 274 g/mol. The summed E-state index contributed by atoms with van der Waals surface area (Å²) < 4.78 is 0. The number of fused-ring (bicyclic) bond motifs is 1. The predicted octanol–water partition coefficient (Wildman–Crippen LogP) is 3.02. The molecule has 1 saturated heterocycles. The normalized spacial score (nSPS) is 18.9. The van der Waals surface area contributed by atoms with Crippen molar-refractivity contribution >= 4 is 28.6 Å². The van der Waals surface area contributed by atoms with Crippen LogP contribution in [0.1, 0.15) is 18.4 Å². The lowest BCUT2D eigenvalue weighted by Gasteiger charge is -2.21. The molecular weight excluding hydrogens is 256 g/mol. The molecule has 1 amide bonds. The van der Waals surface area contributed by atoms with Crippen LogP contribution in [0.25, 0.3) is 10.9 Å². The largest absolute Gasteiger partial charge is 0.361 e. The third-order valence-corrected chi connectivity index (χ3v) is 5.04. The quantitative estimate of drug-likeness (QED) is 0.934. The van der Waals surface area contributed by atoms with E-state index < -0.39 is 0 Å². The molecule has 0 aliphatic carbocycles. The molecule has 4 heteroatoms. The van der Waals surface area contributed by atoms with E-state index >= 15 is 0 Å². The highest BCUT2D eigenvalue weighted by molar-refractivity contribution is 8.00. The molecule has 3 nitrogen and oxygen atoms in total. The van der Waals surface area contributed by atoms with Gasteiger partial charge in [0.25, 0.3) is 0 Å². The summed E-state index contributed by atoms with van der Waals surface area (Å²) in [5.74, 6) is 1.40. The van der Waals surface area contributed by atoms with Gasteiger partial charge >= 0.3 is 0 Å². The first-order valence-corrected chi connectivity index (χ1v) is 7.72. The van der Waals surface area contributed by atoms with Crippen molar-refractivity contribution in [3.63, 3.8) is 0 Å². The zero-order valence-corrected chi connectivity index (χ0v) is 11.9. The van der Waals surface area contributed by atoms with E-state index in [0.29, 0.717) is 6.54 Å². The third-order valence-electron chi connectivity index (χ3n) is 3.67. The minimum atomic E-state index is 0.176. The first kappa shape index (κ1) is 12.6. The van der Waals surface area contributed by atoms with Gasteiger partial charge in [0, 0.05) is 30.7 Å². The molecule has 1 unspecified atom stereocenters. The fraction of sp³-hybridized carbons (Fsp3) is 0.400. The van der Waals surface area contributed by atoms with Crippen LogP contribution in [0.4, 0.5) is 0 Å². The van der Waals surface area contributed by atoms with Crippen LogP contribution in [0.15, 0.2) is 30.5 Å². The molecule has 2 heterocycles. The van der Waals surface area contributed by atoms with Gasteiger partial charge in [-0.15, -0.1) is 11.8 Å². The lowest BCUT2D eigenvalue weighted by molar-refractivity contribution is -0.129. The molecule has 1 N–H and O–H groups in total. The molecule has 100 valence electrons. The highest BCUT2D eigenvalue weighted by atomic mass is 32.2. The Hall–Kier alpha value is -1.42. The number of rotatable bonds is 3. The van der Waals surface area contributed by atoms with Crippen LogP contribution < -0.4 is 0 Å². The SMILES string of the molecule is CN(Cc1cccc2[nH]ccc12)C(=O)C1CCCS1. The number of aromatic nitrogens is 1. The van der Waals surface area contributed by atoms with E-state index in [2.05, 4.69) is 23.2 Å². The molecule has 0 bridgehead atoms. The zero-order valence-electron chi connectivity index (χ0n) is 11.1. The van der Waals surface area contributed by atoms with Crippen molar-refractivity contribution in [3.8, 4) is 0 Å². The van der Waals surface area contributed by atoms with E-state index in [4.69, 9.17) is 0 Å². The first-order chi connectivity index (χ1) is 9.25. The molecule has 2 aromatic rings. The van der Waals surface area contributed by atoms with Crippen molar-refractivity contribution in [2.45, 2.75) is 24.6 Å². The number of nitrogens with one attached hydrogen (secondary N) is 1. The van der Waals surface area contributed by atoms with Gasteiger partial charge in [-0.05, 0) is 36.3 Å². The summed E-state index contributed by atoms with van der Waals surface area (Å²) in [7, 11) is 1.91. The molecule has 3 rings (SSSR count). The van der Waals surface area contributed by atoms with Gasteiger partial charge in [-0.1, -0.05) is 12.1 Å². The van der Waals surface area contributed by atoms with Crippen LogP contribution in [0.2, 0.25) is 0 Å². The maximum absolute atomic E-state index is 12.3. The summed E-state index contributed by atoms with van der Waals surface area (Å²) in [5, 5.41) is 1.39. The number of nitrogens with zero attached hydrogens (tertiary/aromatic N) is 1. The summed E-state index contributed by atoms with van der Waals surface area (Å²) in [6.07, 6.45) is 4.15. The van der Waals surface area contributed by atoms with Gasteiger partial charge < -0.3 is 9.88 Å². The highest BCUT2D eigenvalue weighted by Crippen LogP contribution is 2.28. The molecule has 0 saturated carbocycles. The number of hydrogen-bond donors (Lipinski definition) is 1. The lowest BCUT2D eigenvalue weighted by atomic mass is 10.1. The van der Waals surface area contributed by atoms with E-state index in [0.717, 1.165) is 17.7 Å². The van der Waals surface area contributed by atoms with E-state index in [1.54, 1.807) is 11.8 Å². The second-order valence-corrected chi connectivity index (χ2v) is 6.36. The van der Waals surface area contributed by atoms with Crippen LogP contribution in [0, 0.1) is 0 Å². The van der Waals surface area contributed by atoms with Crippen molar-refractivity contribution in [2.24, 2.45) is 0 Å². The Morgan fingerprint density at radius 1 is 1.47 bits per heavy atom. The Labute approximate surface area is 117 Å². The van der Waals surface area contributed by atoms with Gasteiger partial charge in [0.2, 0.25) is 5.91 Å². The second-order valence-electron chi connectivity index (χ2n) is 5.05. The van der Waals surface area contributed by atoms with E-state index in [-0.39, 0.29) is 11.2 Å². The van der Waals surface area contributed by atoms with Crippen LogP contribution in [0.3, 0.4) is 0 Å². The Bertz CT molecular complexity index is 587. The number of aromatic amines is 1. The minimum absolute atomic E-state index is 0.176. The van der Waals surface area contributed by atoms with Gasteiger partial charge in [0.05, 0.1) is 5.25 Å². The van der Waals surface area contributed by atoms with Crippen molar-refractivity contribution in [2.75, 3.05) is 12.8 Å². The van der Waals surface area contributed by atoms with E-state index in [1.807, 2.05) is 24.2 Å². The van der Waals surface area contributed by atoms with Gasteiger partial charge in [-0.2, -0.15) is 0 Å². The number of thioether (sulfide) groups is 1. The fourth-order valence-electron chi connectivity index (χ4n) is 2.64. The first-order valence-electron chi connectivity index (χ1n) is 6.67. The minimum Gasteiger partial charge on any atom is -0.361 e. The molecule has 1 aromatic carbocycles. The van der Waals surface area contributed by atoms with Gasteiger partial charge in [-0.3, -0.25) is 4.79 Å². The number of amides is 1. The number of H-pyrrole nitrogens is 1. The van der Waals surface area contributed by atoms with Crippen molar-refractivity contribution in [1.29, 1.82) is 0 Å². The summed E-state index contributed by atoms with van der Waals surface area (Å²) >= 11 is 1.80. The summed E-state index contributed by atoms with van der Waals surface area (Å²) in [6, 6.07) is 8.28. The maximum atomic E-state index is 12.3. The maximum Gasteiger partial charge on any atom is 0.235 e. The Balaban J connectivity index is 1.76. The number of benzene rings is 1. The van der Waals surface area contributed by atoms with Crippen LogP contribution in [-0.2, 0) is 11.3 Å². The average Bonchev–Trinajstić information content (AvgIpc) is 3.09. The molecule has 1 aliphatic heterocycles. The average molecular weight is 274 g/mol. The van der Waals surface area contributed by atoms with Crippen molar-refractivity contribution in [3.05, 3.63) is 36.0 Å². The van der Waals surface area contributed by atoms with Gasteiger partial charge in [0.1, 0.15) is 0 Å². The van der Waals surface area contributed by atoms with E-state index in [9.17, 15) is 4.79 Å². The Morgan fingerprint density at radius 2 is 2.37 bits per heavy atom. The lowest BCUT2D eigenvalue weighted by Crippen LogP contribution is -2.33. The molecule has 1 aromatic heterocycles. The molecule has 19 heavy (non-hydrogen) atoms. The predicted molar refractivity (Wildman–Crippen MR) is 80.3 cm³/mol. The molecule has 0 spiro atoms. The Kier molecular flexibility index (Phi) is 3.51. The second kappa shape index (κ2) is 5.29. The van der Waals surface area contributed by atoms with Gasteiger partial charge in [0.15, 0.2) is 0 Å².